The predicted molar refractivity (Wildman–Crippen MR) is 96.0 cm³/mol. The van der Waals surface area contributed by atoms with Crippen molar-refractivity contribution in [1.82, 2.24) is 10.6 Å². The first-order valence-electron chi connectivity index (χ1n) is 8.06. The molecule has 0 saturated carbocycles. The first kappa shape index (κ1) is 21.0. The molecule has 0 unspecified atom stereocenters. The van der Waals surface area contributed by atoms with Crippen molar-refractivity contribution in [1.29, 1.82) is 0 Å². The van der Waals surface area contributed by atoms with Crippen molar-refractivity contribution in [3.8, 4) is 11.5 Å². The van der Waals surface area contributed by atoms with Crippen LogP contribution in [0.1, 0.15) is 25.8 Å². The summed E-state index contributed by atoms with van der Waals surface area (Å²) in [5.74, 6) is -0.284. The van der Waals surface area contributed by atoms with Crippen LogP contribution < -0.4 is 20.1 Å². The Balaban J connectivity index is 2.50. The van der Waals surface area contributed by atoms with Crippen molar-refractivity contribution in [2.45, 2.75) is 26.3 Å². The molecule has 0 aliphatic heterocycles. The Morgan fingerprint density at radius 3 is 2.27 bits per heavy atom. The number of benzene rings is 1. The van der Waals surface area contributed by atoms with Crippen LogP contribution in [0.4, 0.5) is 4.79 Å². The van der Waals surface area contributed by atoms with Gasteiger partial charge in [0.25, 0.3) is 5.91 Å². The van der Waals surface area contributed by atoms with Gasteiger partial charge in [0, 0.05) is 18.2 Å². The van der Waals surface area contributed by atoms with E-state index in [2.05, 4.69) is 10.6 Å². The van der Waals surface area contributed by atoms with Crippen LogP contribution in [-0.4, -0.2) is 44.8 Å². The van der Waals surface area contributed by atoms with Gasteiger partial charge < -0.3 is 19.5 Å². The molecule has 8 heteroatoms. The lowest BCUT2D eigenvalue weighted by Gasteiger charge is -2.11. The zero-order valence-electron chi connectivity index (χ0n) is 15.3. The predicted octanol–water partition coefficient (Wildman–Crippen LogP) is 1.88. The van der Waals surface area contributed by atoms with Crippen LogP contribution in [0.5, 0.6) is 11.5 Å². The van der Waals surface area contributed by atoms with Gasteiger partial charge in [-0.1, -0.05) is 6.92 Å². The fraction of sp³-hybridized carbons (Fsp3) is 0.389. The molecule has 1 aromatic rings. The van der Waals surface area contributed by atoms with Crippen LogP contribution in [0.25, 0.3) is 6.08 Å². The molecule has 0 radical (unpaired) electrons. The van der Waals surface area contributed by atoms with Crippen LogP contribution in [-0.2, 0) is 14.3 Å². The van der Waals surface area contributed by atoms with Crippen molar-refractivity contribution in [2.75, 3.05) is 20.8 Å². The van der Waals surface area contributed by atoms with Gasteiger partial charge in [-0.15, -0.1) is 0 Å². The number of carbonyl (C=O) groups is 3. The minimum Gasteiger partial charge on any atom is -0.497 e. The number of urea groups is 1. The Kier molecular flexibility index (Phi) is 8.69. The summed E-state index contributed by atoms with van der Waals surface area (Å²) in [5.41, 5.74) is 0.663. The van der Waals surface area contributed by atoms with Crippen LogP contribution in [0.2, 0.25) is 0 Å². The second-order valence-corrected chi connectivity index (χ2v) is 5.42. The molecule has 1 atom stereocenters. The quantitative estimate of drug-likeness (QED) is 0.539. The van der Waals surface area contributed by atoms with Crippen LogP contribution >= 0.6 is 0 Å². The molecule has 0 bridgehead atoms. The van der Waals surface area contributed by atoms with Gasteiger partial charge >= 0.3 is 12.0 Å². The van der Waals surface area contributed by atoms with Gasteiger partial charge in [-0.3, -0.25) is 10.1 Å². The molecule has 0 aliphatic rings. The molecule has 8 nitrogen and oxygen atoms in total. The number of nitrogens with one attached hydrogen (secondary N) is 2. The summed E-state index contributed by atoms with van der Waals surface area (Å²) >= 11 is 0. The molecule has 1 aromatic carbocycles. The van der Waals surface area contributed by atoms with E-state index in [1.807, 2.05) is 13.8 Å². The van der Waals surface area contributed by atoms with Gasteiger partial charge in [0.1, 0.15) is 11.5 Å². The molecule has 0 fully saturated rings. The van der Waals surface area contributed by atoms with Gasteiger partial charge in [0.05, 0.1) is 14.2 Å². The Morgan fingerprint density at radius 2 is 1.73 bits per heavy atom. The van der Waals surface area contributed by atoms with E-state index in [0.29, 0.717) is 17.1 Å². The van der Waals surface area contributed by atoms with E-state index in [1.54, 1.807) is 18.2 Å². The van der Waals surface area contributed by atoms with Gasteiger partial charge in [-0.2, -0.15) is 0 Å². The fourth-order valence-corrected chi connectivity index (χ4v) is 1.80. The Hall–Kier alpha value is -3.03. The number of hydrogen-bond donors (Lipinski definition) is 2. The van der Waals surface area contributed by atoms with Crippen molar-refractivity contribution < 1.29 is 28.6 Å². The molecule has 26 heavy (non-hydrogen) atoms. The maximum absolute atomic E-state index is 11.7. The fourth-order valence-electron chi connectivity index (χ4n) is 1.80. The standard InChI is InChI=1S/C18H24N2O6/c1-5-12(2)19-18(23)20-16(21)11-26-17(22)7-6-13-8-14(24-3)10-15(9-13)25-4/h6-10,12H,5,11H2,1-4H3,(H2,19,20,21,23)/b7-6+/t12-/m0/s1. The summed E-state index contributed by atoms with van der Waals surface area (Å²) in [6.45, 7) is 3.15. The highest BCUT2D eigenvalue weighted by atomic mass is 16.5. The lowest BCUT2D eigenvalue weighted by atomic mass is 10.2. The third-order valence-corrected chi connectivity index (χ3v) is 3.37. The smallest absolute Gasteiger partial charge is 0.331 e. The zero-order chi connectivity index (χ0) is 19.5. The third-order valence-electron chi connectivity index (χ3n) is 3.37. The van der Waals surface area contributed by atoms with Crippen molar-refractivity contribution in [3.63, 3.8) is 0 Å². The summed E-state index contributed by atoms with van der Waals surface area (Å²) in [5, 5.41) is 4.65. The molecule has 0 saturated heterocycles. The van der Waals surface area contributed by atoms with E-state index in [-0.39, 0.29) is 6.04 Å². The van der Waals surface area contributed by atoms with E-state index >= 15 is 0 Å². The number of methoxy groups -OCH3 is 2. The maximum atomic E-state index is 11.7. The molecular formula is C18H24N2O6. The number of hydrogen-bond acceptors (Lipinski definition) is 6. The van der Waals surface area contributed by atoms with Crippen LogP contribution in [0.3, 0.4) is 0 Å². The zero-order valence-corrected chi connectivity index (χ0v) is 15.3. The molecular weight excluding hydrogens is 340 g/mol. The highest BCUT2D eigenvalue weighted by molar-refractivity contribution is 5.96. The second-order valence-electron chi connectivity index (χ2n) is 5.42. The summed E-state index contributed by atoms with van der Waals surface area (Å²) in [7, 11) is 3.04. The molecule has 0 heterocycles. The monoisotopic (exact) mass is 364 g/mol. The van der Waals surface area contributed by atoms with Gasteiger partial charge in [0.2, 0.25) is 0 Å². The van der Waals surface area contributed by atoms with E-state index < -0.39 is 24.5 Å². The number of esters is 1. The van der Waals surface area contributed by atoms with E-state index in [1.165, 1.54) is 26.4 Å². The highest BCUT2D eigenvalue weighted by Crippen LogP contribution is 2.23. The van der Waals surface area contributed by atoms with Crippen LogP contribution in [0, 0.1) is 0 Å². The maximum Gasteiger partial charge on any atom is 0.331 e. The molecule has 142 valence electrons. The normalized spacial score (nSPS) is 11.5. The third kappa shape index (κ3) is 7.69. The SMILES string of the molecule is CC[C@H](C)NC(=O)NC(=O)COC(=O)/C=C/c1cc(OC)cc(OC)c1. The van der Waals surface area contributed by atoms with E-state index in [9.17, 15) is 14.4 Å². The van der Waals surface area contributed by atoms with Gasteiger partial charge in [0.15, 0.2) is 6.61 Å². The lowest BCUT2D eigenvalue weighted by Crippen LogP contribution is -2.44. The van der Waals surface area contributed by atoms with E-state index in [4.69, 9.17) is 14.2 Å². The summed E-state index contributed by atoms with van der Waals surface area (Å²) in [6.07, 6.45) is 3.40. The largest absolute Gasteiger partial charge is 0.497 e. The number of rotatable bonds is 8. The molecule has 1 rings (SSSR count). The number of carbonyl (C=O) groups excluding carboxylic acids is 3. The minimum atomic E-state index is -0.718. The topological polar surface area (TPSA) is 103 Å². The average molecular weight is 364 g/mol. The van der Waals surface area contributed by atoms with Gasteiger partial charge in [-0.25, -0.2) is 9.59 Å². The average Bonchev–Trinajstić information content (AvgIpc) is 2.63. The van der Waals surface area contributed by atoms with Crippen molar-refractivity contribution in [3.05, 3.63) is 29.8 Å². The number of imide groups is 1. The number of ether oxygens (including phenoxy) is 3. The Morgan fingerprint density at radius 1 is 1.12 bits per heavy atom. The molecule has 2 N–H and O–H groups in total. The van der Waals surface area contributed by atoms with Gasteiger partial charge in [-0.05, 0) is 37.1 Å². The molecule has 0 spiro atoms. The molecule has 0 aliphatic carbocycles. The first-order valence-corrected chi connectivity index (χ1v) is 8.06. The first-order chi connectivity index (χ1) is 12.4. The Bertz CT molecular complexity index is 649. The summed E-state index contributed by atoms with van der Waals surface area (Å²) in [4.78, 5) is 34.7. The number of amides is 3. The summed E-state index contributed by atoms with van der Waals surface area (Å²) < 4.78 is 15.1. The summed E-state index contributed by atoms with van der Waals surface area (Å²) in [6, 6.07) is 4.42. The second kappa shape index (κ2) is 10.8. The molecule has 0 aromatic heterocycles. The highest BCUT2D eigenvalue weighted by Gasteiger charge is 2.11. The van der Waals surface area contributed by atoms with Crippen molar-refractivity contribution in [2.24, 2.45) is 0 Å². The minimum absolute atomic E-state index is 0.0619. The van der Waals surface area contributed by atoms with E-state index in [0.717, 1.165) is 6.42 Å². The van der Waals surface area contributed by atoms with Crippen LogP contribution in [0.15, 0.2) is 24.3 Å². The molecule has 3 amide bonds. The van der Waals surface area contributed by atoms with Crippen molar-refractivity contribution >= 4 is 24.0 Å². The lowest BCUT2D eigenvalue weighted by molar-refractivity contribution is -0.143. The Labute approximate surface area is 152 Å².